The zero-order valence-electron chi connectivity index (χ0n) is 18.4. The van der Waals surface area contributed by atoms with Gasteiger partial charge in [-0.1, -0.05) is 53.2 Å². The van der Waals surface area contributed by atoms with E-state index in [0.29, 0.717) is 27.7 Å². The minimum absolute atomic E-state index is 0.207. The van der Waals surface area contributed by atoms with Crippen LogP contribution in [0.1, 0.15) is 25.5 Å². The lowest BCUT2D eigenvalue weighted by Crippen LogP contribution is -2.34. The minimum atomic E-state index is -0.394. The van der Waals surface area contributed by atoms with Gasteiger partial charge in [-0.3, -0.25) is 4.79 Å². The summed E-state index contributed by atoms with van der Waals surface area (Å²) < 4.78 is 10.9. The number of carbonyl (C=O) groups is 2. The number of esters is 1. The summed E-state index contributed by atoms with van der Waals surface area (Å²) in [6, 6.07) is 11.8. The largest absolute Gasteiger partial charge is 0.484 e. The van der Waals surface area contributed by atoms with Gasteiger partial charge in [0.25, 0.3) is 5.91 Å². The molecule has 0 saturated heterocycles. The number of hydrogen-bond acceptors (Lipinski definition) is 7. The second kappa shape index (κ2) is 10.5. The molecule has 1 amide bonds. The van der Waals surface area contributed by atoms with Crippen LogP contribution < -0.4 is 10.1 Å². The highest BCUT2D eigenvalue weighted by atomic mass is 35.5. The van der Waals surface area contributed by atoms with Gasteiger partial charge in [-0.05, 0) is 49.1 Å². The van der Waals surface area contributed by atoms with Gasteiger partial charge in [0, 0.05) is 6.20 Å². The standard InChI is InChI=1S/C24H21Cl2N3O4S/c1-3-32-23(31)20-14(2)27-24-29(11-12-34-24)22(20)15-7-9-16(10-8-15)33-13-19(30)28-18-6-4-5-17(25)21(18)26/h4-12,22H,3,13H2,1-2H3,(H,28,30)/t22-/m0/s1. The number of ether oxygens (including phenoxy) is 2. The molecule has 0 unspecified atom stereocenters. The third-order valence-electron chi connectivity index (χ3n) is 5.11. The molecular weight excluding hydrogens is 497 g/mol. The van der Waals surface area contributed by atoms with E-state index in [-0.39, 0.29) is 30.2 Å². The van der Waals surface area contributed by atoms with E-state index in [1.54, 1.807) is 37.3 Å². The number of anilines is 1. The third-order valence-corrected chi connectivity index (χ3v) is 6.70. The number of rotatable bonds is 7. The average Bonchev–Trinajstić information content (AvgIpc) is 3.28. The molecule has 0 bridgehead atoms. The van der Waals surface area contributed by atoms with Crippen molar-refractivity contribution in [2.75, 3.05) is 18.5 Å². The molecule has 2 aliphatic heterocycles. The normalized spacial score (nSPS) is 16.8. The number of nitrogens with zero attached hydrogens (tertiary/aromatic N) is 2. The van der Waals surface area contributed by atoms with Crippen LogP contribution in [0, 0.1) is 0 Å². The van der Waals surface area contributed by atoms with Crippen molar-refractivity contribution in [3.63, 3.8) is 0 Å². The fraction of sp³-hybridized carbons (Fsp3) is 0.208. The van der Waals surface area contributed by atoms with Crippen molar-refractivity contribution in [3.8, 4) is 5.75 Å². The lowest BCUT2D eigenvalue weighted by molar-refractivity contribution is -0.139. The van der Waals surface area contributed by atoms with E-state index < -0.39 is 5.97 Å². The SMILES string of the molecule is CCOC(=O)C1=C(C)N=C2SC=CN2[C@H]1c1ccc(OCC(=O)Nc2cccc(Cl)c2Cl)cc1. The second-order valence-electron chi connectivity index (χ2n) is 7.33. The van der Waals surface area contributed by atoms with Crippen LogP contribution in [0.4, 0.5) is 5.69 Å². The van der Waals surface area contributed by atoms with Crippen LogP contribution in [0.2, 0.25) is 10.0 Å². The average molecular weight is 518 g/mol. The van der Waals surface area contributed by atoms with Crippen molar-refractivity contribution in [2.24, 2.45) is 4.99 Å². The van der Waals surface area contributed by atoms with E-state index in [4.69, 9.17) is 32.7 Å². The van der Waals surface area contributed by atoms with Gasteiger partial charge in [0.1, 0.15) is 5.75 Å². The monoisotopic (exact) mass is 517 g/mol. The number of allylic oxidation sites excluding steroid dienone is 1. The fourth-order valence-electron chi connectivity index (χ4n) is 3.58. The number of carbonyl (C=O) groups excluding carboxylic acids is 2. The Morgan fingerprint density at radius 2 is 1.94 bits per heavy atom. The number of benzene rings is 2. The van der Waals surface area contributed by atoms with Crippen LogP contribution in [0.3, 0.4) is 0 Å². The number of halogens is 2. The molecule has 0 aromatic heterocycles. The zero-order valence-corrected chi connectivity index (χ0v) is 20.7. The van der Waals surface area contributed by atoms with E-state index in [2.05, 4.69) is 10.3 Å². The topological polar surface area (TPSA) is 80.2 Å². The molecule has 0 radical (unpaired) electrons. The van der Waals surface area contributed by atoms with Crippen molar-refractivity contribution in [1.29, 1.82) is 0 Å². The van der Waals surface area contributed by atoms with E-state index in [9.17, 15) is 9.59 Å². The summed E-state index contributed by atoms with van der Waals surface area (Å²) in [6.07, 6.45) is 1.90. The predicted molar refractivity (Wildman–Crippen MR) is 135 cm³/mol. The van der Waals surface area contributed by atoms with Crippen molar-refractivity contribution in [3.05, 3.63) is 81.0 Å². The summed E-state index contributed by atoms with van der Waals surface area (Å²) >= 11 is 13.6. The van der Waals surface area contributed by atoms with Gasteiger partial charge in [0.2, 0.25) is 0 Å². The summed E-state index contributed by atoms with van der Waals surface area (Å²) in [5, 5.41) is 6.02. The Balaban J connectivity index is 1.47. The second-order valence-corrected chi connectivity index (χ2v) is 8.99. The van der Waals surface area contributed by atoms with Crippen molar-refractivity contribution < 1.29 is 19.1 Å². The highest BCUT2D eigenvalue weighted by Gasteiger charge is 2.37. The number of fused-ring (bicyclic) bond motifs is 1. The third kappa shape index (κ3) is 5.09. The molecule has 2 aromatic carbocycles. The first-order chi connectivity index (χ1) is 16.4. The number of amidine groups is 1. The van der Waals surface area contributed by atoms with Crippen molar-refractivity contribution in [2.45, 2.75) is 19.9 Å². The van der Waals surface area contributed by atoms with Gasteiger partial charge in [-0.25, -0.2) is 9.79 Å². The lowest BCUT2D eigenvalue weighted by atomic mass is 9.95. The molecule has 4 rings (SSSR count). The number of thioether (sulfide) groups is 1. The van der Waals surface area contributed by atoms with Crippen LogP contribution >= 0.6 is 35.0 Å². The van der Waals surface area contributed by atoms with Gasteiger partial charge < -0.3 is 19.7 Å². The summed E-state index contributed by atoms with van der Waals surface area (Å²) in [7, 11) is 0. The summed E-state index contributed by atoms with van der Waals surface area (Å²) in [4.78, 5) is 31.5. The molecule has 0 fully saturated rings. The highest BCUT2D eigenvalue weighted by Crippen LogP contribution is 2.41. The summed E-state index contributed by atoms with van der Waals surface area (Å²) in [5.74, 6) is -0.260. The van der Waals surface area contributed by atoms with Crippen molar-refractivity contribution >= 4 is 57.7 Å². The first-order valence-electron chi connectivity index (χ1n) is 10.4. The van der Waals surface area contributed by atoms with E-state index in [0.717, 1.165) is 10.7 Å². The van der Waals surface area contributed by atoms with Gasteiger partial charge in [0.05, 0.1) is 39.7 Å². The lowest BCUT2D eigenvalue weighted by Gasteiger charge is -2.33. The van der Waals surface area contributed by atoms with E-state index >= 15 is 0 Å². The van der Waals surface area contributed by atoms with Gasteiger partial charge in [-0.15, -0.1) is 0 Å². The summed E-state index contributed by atoms with van der Waals surface area (Å²) in [6.45, 7) is 3.65. The first-order valence-corrected chi connectivity index (χ1v) is 12.1. The molecule has 1 atom stereocenters. The number of amides is 1. The number of hydrogen-bond donors (Lipinski definition) is 1. The molecule has 176 valence electrons. The Bertz CT molecular complexity index is 1210. The van der Waals surface area contributed by atoms with Crippen molar-refractivity contribution in [1.82, 2.24) is 4.90 Å². The molecule has 0 saturated carbocycles. The van der Waals surface area contributed by atoms with Crippen LogP contribution in [-0.4, -0.2) is 35.2 Å². The molecule has 34 heavy (non-hydrogen) atoms. The number of nitrogens with one attached hydrogen (secondary N) is 1. The maximum absolute atomic E-state index is 12.7. The van der Waals surface area contributed by atoms with Gasteiger partial charge >= 0.3 is 5.97 Å². The highest BCUT2D eigenvalue weighted by molar-refractivity contribution is 8.16. The Labute approximate surface area is 211 Å². The first kappa shape index (κ1) is 24.2. The maximum atomic E-state index is 12.7. The molecule has 2 heterocycles. The molecular formula is C24H21Cl2N3O4S. The molecule has 10 heteroatoms. The Morgan fingerprint density at radius 3 is 2.68 bits per heavy atom. The van der Waals surface area contributed by atoms with Crippen LogP contribution in [0.15, 0.2) is 70.3 Å². The Morgan fingerprint density at radius 1 is 1.18 bits per heavy atom. The summed E-state index contributed by atoms with van der Waals surface area (Å²) in [5.41, 5.74) is 2.40. The predicted octanol–water partition coefficient (Wildman–Crippen LogP) is 5.78. The fourth-order valence-corrected chi connectivity index (χ4v) is 4.72. The molecule has 0 aliphatic carbocycles. The molecule has 2 aliphatic rings. The van der Waals surface area contributed by atoms with Gasteiger partial charge in [-0.2, -0.15) is 0 Å². The van der Waals surface area contributed by atoms with Crippen LogP contribution in [-0.2, 0) is 14.3 Å². The van der Waals surface area contributed by atoms with E-state index in [1.165, 1.54) is 11.8 Å². The zero-order chi connectivity index (χ0) is 24.2. The Kier molecular flexibility index (Phi) is 7.50. The minimum Gasteiger partial charge on any atom is -0.484 e. The van der Waals surface area contributed by atoms with Crippen LogP contribution in [0.5, 0.6) is 5.75 Å². The smallest absolute Gasteiger partial charge is 0.338 e. The van der Waals surface area contributed by atoms with Crippen LogP contribution in [0.25, 0.3) is 0 Å². The van der Waals surface area contributed by atoms with E-state index in [1.807, 2.05) is 35.6 Å². The molecule has 0 spiro atoms. The maximum Gasteiger partial charge on any atom is 0.338 e. The molecule has 1 N–H and O–H groups in total. The molecule has 7 nitrogen and oxygen atoms in total. The molecule has 2 aromatic rings. The quantitative estimate of drug-likeness (QED) is 0.469. The Hall–Kier alpha value is -2.94. The van der Waals surface area contributed by atoms with Gasteiger partial charge in [0.15, 0.2) is 11.8 Å². The number of aliphatic imine (C=N–C) groups is 1.